The van der Waals surface area contributed by atoms with Crippen molar-refractivity contribution in [2.45, 2.75) is 26.0 Å². The molecule has 0 amide bonds. The Bertz CT molecular complexity index is 339. The van der Waals surface area contributed by atoms with E-state index in [0.29, 0.717) is 18.0 Å². The van der Waals surface area contributed by atoms with Gasteiger partial charge in [-0.1, -0.05) is 6.07 Å². The Kier molecular flexibility index (Phi) is 3.41. The molecule has 2 atom stereocenters. The third-order valence-electron chi connectivity index (χ3n) is 3.11. The van der Waals surface area contributed by atoms with Gasteiger partial charge in [0, 0.05) is 25.3 Å². The van der Waals surface area contributed by atoms with E-state index in [1.165, 1.54) is 5.56 Å². The summed E-state index contributed by atoms with van der Waals surface area (Å²) in [5, 5.41) is 0. The van der Waals surface area contributed by atoms with Gasteiger partial charge >= 0.3 is 0 Å². The number of rotatable bonds is 2. The van der Waals surface area contributed by atoms with Gasteiger partial charge in [0.15, 0.2) is 0 Å². The molecule has 0 aliphatic carbocycles. The van der Waals surface area contributed by atoms with Crippen LogP contribution in [0.1, 0.15) is 25.5 Å². The number of anilines is 1. The number of nitrogen functional groups attached to an aromatic ring is 1. The first-order valence-electron chi connectivity index (χ1n) is 5.74. The van der Waals surface area contributed by atoms with Crippen molar-refractivity contribution in [2.75, 3.05) is 25.4 Å². The van der Waals surface area contributed by atoms with Gasteiger partial charge in [0.1, 0.15) is 5.82 Å². The van der Waals surface area contributed by atoms with E-state index >= 15 is 0 Å². The van der Waals surface area contributed by atoms with E-state index < -0.39 is 0 Å². The van der Waals surface area contributed by atoms with Crippen molar-refractivity contribution in [1.82, 2.24) is 9.88 Å². The van der Waals surface area contributed by atoms with Crippen LogP contribution in [0.3, 0.4) is 0 Å². The number of nitrogens with two attached hydrogens (primary N) is 1. The fraction of sp³-hybridized carbons (Fsp3) is 0.583. The molecule has 1 aromatic heterocycles. The van der Waals surface area contributed by atoms with E-state index in [0.717, 1.165) is 19.7 Å². The second-order valence-corrected chi connectivity index (χ2v) is 4.37. The summed E-state index contributed by atoms with van der Waals surface area (Å²) < 4.78 is 5.54. The van der Waals surface area contributed by atoms with Gasteiger partial charge in [-0.3, -0.25) is 4.90 Å². The van der Waals surface area contributed by atoms with Gasteiger partial charge in [-0.15, -0.1) is 0 Å². The lowest BCUT2D eigenvalue weighted by atomic mass is 10.1. The molecule has 4 nitrogen and oxygen atoms in total. The zero-order chi connectivity index (χ0) is 11.5. The minimum Gasteiger partial charge on any atom is -0.384 e. The van der Waals surface area contributed by atoms with Crippen molar-refractivity contribution in [3.63, 3.8) is 0 Å². The molecule has 1 aliphatic rings. The van der Waals surface area contributed by atoms with E-state index in [-0.39, 0.29) is 0 Å². The number of pyridine rings is 1. The van der Waals surface area contributed by atoms with Crippen LogP contribution in [0.2, 0.25) is 0 Å². The first kappa shape index (κ1) is 11.4. The Morgan fingerprint density at radius 1 is 1.56 bits per heavy atom. The van der Waals surface area contributed by atoms with Gasteiger partial charge in [0.2, 0.25) is 0 Å². The molecular weight excluding hydrogens is 202 g/mol. The molecule has 16 heavy (non-hydrogen) atoms. The second-order valence-electron chi connectivity index (χ2n) is 4.37. The van der Waals surface area contributed by atoms with E-state index in [1.54, 1.807) is 0 Å². The minimum absolute atomic E-state index is 0.318. The summed E-state index contributed by atoms with van der Waals surface area (Å²) in [5.74, 6) is 0.575. The highest BCUT2D eigenvalue weighted by Crippen LogP contribution is 2.22. The van der Waals surface area contributed by atoms with E-state index in [2.05, 4.69) is 23.7 Å². The smallest absolute Gasteiger partial charge is 0.123 e. The summed E-state index contributed by atoms with van der Waals surface area (Å²) in [6.07, 6.45) is 2.18. The zero-order valence-electron chi connectivity index (χ0n) is 9.89. The van der Waals surface area contributed by atoms with Crippen molar-refractivity contribution in [2.24, 2.45) is 0 Å². The molecule has 1 aromatic rings. The number of nitrogens with zero attached hydrogens (tertiary/aromatic N) is 2. The summed E-state index contributed by atoms with van der Waals surface area (Å²) in [7, 11) is 0. The van der Waals surface area contributed by atoms with Gasteiger partial charge < -0.3 is 10.5 Å². The molecule has 0 saturated carbocycles. The molecule has 1 saturated heterocycles. The van der Waals surface area contributed by atoms with Gasteiger partial charge in [0.05, 0.1) is 12.7 Å². The molecule has 2 rings (SSSR count). The fourth-order valence-corrected chi connectivity index (χ4v) is 2.07. The van der Waals surface area contributed by atoms with Crippen molar-refractivity contribution < 1.29 is 4.74 Å². The molecule has 0 radical (unpaired) electrons. The quantitative estimate of drug-likeness (QED) is 0.821. The highest BCUT2D eigenvalue weighted by atomic mass is 16.5. The van der Waals surface area contributed by atoms with Gasteiger partial charge in [-0.05, 0) is 25.5 Å². The van der Waals surface area contributed by atoms with Crippen LogP contribution < -0.4 is 5.73 Å². The Hall–Kier alpha value is -1.13. The highest BCUT2D eigenvalue weighted by molar-refractivity contribution is 5.30. The van der Waals surface area contributed by atoms with E-state index in [1.807, 2.05) is 18.3 Å². The lowest BCUT2D eigenvalue weighted by Gasteiger charge is -2.35. The van der Waals surface area contributed by atoms with Gasteiger partial charge in [0.25, 0.3) is 0 Å². The Balaban J connectivity index is 2.06. The molecular formula is C12H19N3O. The van der Waals surface area contributed by atoms with Crippen LogP contribution in [0.25, 0.3) is 0 Å². The van der Waals surface area contributed by atoms with Crippen LogP contribution in [0.5, 0.6) is 0 Å². The first-order chi connectivity index (χ1) is 7.66. The van der Waals surface area contributed by atoms with Crippen LogP contribution in [0, 0.1) is 0 Å². The Morgan fingerprint density at radius 3 is 3.00 bits per heavy atom. The average molecular weight is 221 g/mol. The second kappa shape index (κ2) is 4.80. The summed E-state index contributed by atoms with van der Waals surface area (Å²) in [6.45, 7) is 7.08. The van der Waals surface area contributed by atoms with Crippen LogP contribution in [0.15, 0.2) is 18.3 Å². The molecule has 2 heterocycles. The Morgan fingerprint density at radius 2 is 2.38 bits per heavy atom. The lowest BCUT2D eigenvalue weighted by molar-refractivity contribution is -0.0319. The molecule has 4 heteroatoms. The molecule has 1 unspecified atom stereocenters. The summed E-state index contributed by atoms with van der Waals surface area (Å²) in [5.41, 5.74) is 6.79. The largest absolute Gasteiger partial charge is 0.384 e. The molecule has 1 aliphatic heterocycles. The third kappa shape index (κ3) is 2.51. The predicted molar refractivity (Wildman–Crippen MR) is 64.1 cm³/mol. The SMILES string of the molecule is CC(c1ccc(N)nc1)N1CCO[C@@H](C)C1. The average Bonchev–Trinajstić information content (AvgIpc) is 2.29. The zero-order valence-corrected chi connectivity index (χ0v) is 9.89. The van der Waals surface area contributed by atoms with Crippen LogP contribution in [-0.2, 0) is 4.74 Å². The maximum Gasteiger partial charge on any atom is 0.123 e. The number of aromatic nitrogens is 1. The van der Waals surface area contributed by atoms with Crippen molar-refractivity contribution in [3.8, 4) is 0 Å². The highest BCUT2D eigenvalue weighted by Gasteiger charge is 2.22. The number of hydrogen-bond donors (Lipinski definition) is 1. The summed E-state index contributed by atoms with van der Waals surface area (Å²) in [6, 6.07) is 4.28. The van der Waals surface area contributed by atoms with Gasteiger partial charge in [-0.2, -0.15) is 0 Å². The number of morpholine rings is 1. The topological polar surface area (TPSA) is 51.4 Å². The number of ether oxygens (including phenoxy) is 1. The monoisotopic (exact) mass is 221 g/mol. The standard InChI is InChI=1S/C12H19N3O/c1-9-8-15(5-6-16-9)10(2)11-3-4-12(13)14-7-11/h3-4,7,9-10H,5-6,8H2,1-2H3,(H2,13,14)/t9-,10?/m0/s1. The third-order valence-corrected chi connectivity index (χ3v) is 3.11. The molecule has 1 fully saturated rings. The van der Waals surface area contributed by atoms with Gasteiger partial charge in [-0.25, -0.2) is 4.98 Å². The van der Waals surface area contributed by atoms with Crippen LogP contribution in [-0.4, -0.2) is 35.7 Å². The summed E-state index contributed by atoms with van der Waals surface area (Å²) >= 11 is 0. The van der Waals surface area contributed by atoms with Crippen molar-refractivity contribution in [3.05, 3.63) is 23.9 Å². The maximum absolute atomic E-state index is 5.58. The molecule has 0 spiro atoms. The molecule has 0 bridgehead atoms. The summed E-state index contributed by atoms with van der Waals surface area (Å²) in [4.78, 5) is 6.55. The fourth-order valence-electron chi connectivity index (χ4n) is 2.07. The van der Waals surface area contributed by atoms with Crippen LogP contribution in [0.4, 0.5) is 5.82 Å². The maximum atomic E-state index is 5.58. The molecule has 88 valence electrons. The van der Waals surface area contributed by atoms with E-state index in [4.69, 9.17) is 10.5 Å². The van der Waals surface area contributed by atoms with E-state index in [9.17, 15) is 0 Å². The van der Waals surface area contributed by atoms with Crippen LogP contribution >= 0.6 is 0 Å². The molecule has 0 aromatic carbocycles. The van der Waals surface area contributed by atoms with Crippen molar-refractivity contribution in [1.29, 1.82) is 0 Å². The Labute approximate surface area is 96.4 Å². The lowest BCUT2D eigenvalue weighted by Crippen LogP contribution is -2.42. The normalized spacial score (nSPS) is 24.2. The van der Waals surface area contributed by atoms with Crippen molar-refractivity contribution >= 4 is 5.82 Å². The minimum atomic E-state index is 0.318. The number of hydrogen-bond acceptors (Lipinski definition) is 4. The predicted octanol–water partition coefficient (Wildman–Crippen LogP) is 1.45. The first-order valence-corrected chi connectivity index (χ1v) is 5.74. The molecule has 2 N–H and O–H groups in total.